The number of aromatic nitrogens is 3. The lowest BCUT2D eigenvalue weighted by molar-refractivity contribution is 1.10. The standard InChI is InChI=1S/C18H12ClN3/c19-18-14(10-13-8-4-5-9-15(13)20-18)17-11-16(21-22-17)12-6-2-1-3-7-12/h1-11H,(H,21,22). The van der Waals surface area contributed by atoms with Crippen LogP contribution in [0.2, 0.25) is 5.15 Å². The minimum Gasteiger partial charge on any atom is -0.277 e. The van der Waals surface area contributed by atoms with Crippen LogP contribution in [-0.4, -0.2) is 15.2 Å². The van der Waals surface area contributed by atoms with Gasteiger partial charge < -0.3 is 0 Å². The molecule has 0 fully saturated rings. The molecule has 0 amide bonds. The number of fused-ring (bicyclic) bond motifs is 1. The quantitative estimate of drug-likeness (QED) is 0.533. The minimum absolute atomic E-state index is 0.474. The molecule has 0 bridgehead atoms. The molecule has 0 aliphatic heterocycles. The molecular weight excluding hydrogens is 294 g/mol. The first-order valence-electron chi connectivity index (χ1n) is 6.98. The van der Waals surface area contributed by atoms with Gasteiger partial charge in [0.05, 0.1) is 16.9 Å². The number of aromatic amines is 1. The Morgan fingerprint density at radius 2 is 1.64 bits per heavy atom. The molecule has 0 atom stereocenters. The number of H-pyrrole nitrogens is 1. The highest BCUT2D eigenvalue weighted by Crippen LogP contribution is 2.30. The lowest BCUT2D eigenvalue weighted by Crippen LogP contribution is -1.86. The van der Waals surface area contributed by atoms with Crippen molar-refractivity contribution in [3.8, 4) is 22.5 Å². The molecule has 0 unspecified atom stereocenters. The van der Waals surface area contributed by atoms with Crippen molar-refractivity contribution in [1.29, 1.82) is 0 Å². The van der Waals surface area contributed by atoms with E-state index in [4.69, 9.17) is 11.6 Å². The highest BCUT2D eigenvalue weighted by molar-refractivity contribution is 6.32. The van der Waals surface area contributed by atoms with Crippen LogP contribution in [0, 0.1) is 0 Å². The van der Waals surface area contributed by atoms with Crippen molar-refractivity contribution >= 4 is 22.5 Å². The third-order valence-corrected chi connectivity index (χ3v) is 3.90. The lowest BCUT2D eigenvalue weighted by atomic mass is 10.1. The van der Waals surface area contributed by atoms with E-state index in [1.807, 2.05) is 66.7 Å². The third-order valence-electron chi connectivity index (χ3n) is 3.62. The molecule has 22 heavy (non-hydrogen) atoms. The van der Waals surface area contributed by atoms with Crippen LogP contribution in [-0.2, 0) is 0 Å². The van der Waals surface area contributed by atoms with Gasteiger partial charge in [0.2, 0.25) is 0 Å². The van der Waals surface area contributed by atoms with Crippen molar-refractivity contribution in [1.82, 2.24) is 15.2 Å². The maximum absolute atomic E-state index is 6.33. The number of benzene rings is 2. The average Bonchev–Trinajstić information content (AvgIpc) is 3.05. The predicted octanol–water partition coefficient (Wildman–Crippen LogP) is 4.95. The highest BCUT2D eigenvalue weighted by Gasteiger charge is 2.11. The SMILES string of the molecule is Clc1nc2ccccc2cc1-c1cc(-c2ccccc2)n[nH]1. The summed E-state index contributed by atoms with van der Waals surface area (Å²) >= 11 is 6.33. The second-order valence-corrected chi connectivity index (χ2v) is 5.41. The van der Waals surface area contributed by atoms with Crippen LogP contribution < -0.4 is 0 Å². The number of nitrogens with one attached hydrogen (secondary N) is 1. The number of rotatable bonds is 2. The smallest absolute Gasteiger partial charge is 0.139 e. The van der Waals surface area contributed by atoms with E-state index in [2.05, 4.69) is 15.2 Å². The fourth-order valence-corrected chi connectivity index (χ4v) is 2.75. The van der Waals surface area contributed by atoms with Gasteiger partial charge in [-0.15, -0.1) is 0 Å². The summed E-state index contributed by atoms with van der Waals surface area (Å²) in [6, 6.07) is 22.0. The second-order valence-electron chi connectivity index (χ2n) is 5.05. The van der Waals surface area contributed by atoms with Crippen LogP contribution >= 0.6 is 11.6 Å². The molecule has 0 saturated heterocycles. The Labute approximate surface area is 132 Å². The maximum Gasteiger partial charge on any atom is 0.139 e. The normalized spacial score (nSPS) is 11.0. The Balaban J connectivity index is 1.82. The van der Waals surface area contributed by atoms with Crippen molar-refractivity contribution in [2.24, 2.45) is 0 Å². The summed E-state index contributed by atoms with van der Waals surface area (Å²) in [5.41, 5.74) is 4.56. The summed E-state index contributed by atoms with van der Waals surface area (Å²) in [6.45, 7) is 0. The molecule has 2 aromatic heterocycles. The van der Waals surface area contributed by atoms with Gasteiger partial charge in [-0.1, -0.05) is 60.1 Å². The van der Waals surface area contributed by atoms with E-state index >= 15 is 0 Å². The van der Waals surface area contributed by atoms with Gasteiger partial charge in [0, 0.05) is 16.5 Å². The molecule has 0 aliphatic carbocycles. The number of hydrogen-bond acceptors (Lipinski definition) is 2. The van der Waals surface area contributed by atoms with Crippen molar-refractivity contribution in [3.05, 3.63) is 71.9 Å². The Bertz CT molecular complexity index is 945. The molecule has 4 heteroatoms. The Hall–Kier alpha value is -2.65. The number of nitrogens with zero attached hydrogens (tertiary/aromatic N) is 2. The van der Waals surface area contributed by atoms with Gasteiger partial charge in [-0.05, 0) is 18.2 Å². The van der Waals surface area contributed by atoms with Gasteiger partial charge in [-0.2, -0.15) is 5.10 Å². The van der Waals surface area contributed by atoms with Gasteiger partial charge in [0.1, 0.15) is 5.15 Å². The highest BCUT2D eigenvalue weighted by atomic mass is 35.5. The van der Waals surface area contributed by atoms with Crippen LogP contribution in [0.3, 0.4) is 0 Å². The summed E-state index contributed by atoms with van der Waals surface area (Å²) in [5.74, 6) is 0. The van der Waals surface area contributed by atoms with Gasteiger partial charge >= 0.3 is 0 Å². The maximum atomic E-state index is 6.33. The summed E-state index contributed by atoms with van der Waals surface area (Å²) in [7, 11) is 0. The zero-order valence-corrected chi connectivity index (χ0v) is 12.4. The largest absolute Gasteiger partial charge is 0.277 e. The topological polar surface area (TPSA) is 41.6 Å². The summed E-state index contributed by atoms with van der Waals surface area (Å²) in [4.78, 5) is 4.45. The fourth-order valence-electron chi connectivity index (χ4n) is 2.50. The van der Waals surface area contributed by atoms with Gasteiger partial charge in [-0.25, -0.2) is 4.98 Å². The van der Waals surface area contributed by atoms with Crippen LogP contribution in [0.4, 0.5) is 0 Å². The van der Waals surface area contributed by atoms with Crippen LogP contribution in [0.1, 0.15) is 0 Å². The van der Waals surface area contributed by atoms with Crippen LogP contribution in [0.5, 0.6) is 0 Å². The first-order chi connectivity index (χ1) is 10.8. The molecule has 0 radical (unpaired) electrons. The number of para-hydroxylation sites is 1. The zero-order chi connectivity index (χ0) is 14.9. The van der Waals surface area contributed by atoms with Crippen molar-refractivity contribution in [2.75, 3.05) is 0 Å². The number of halogens is 1. The van der Waals surface area contributed by atoms with E-state index < -0.39 is 0 Å². The summed E-state index contributed by atoms with van der Waals surface area (Å²) < 4.78 is 0. The molecular formula is C18H12ClN3. The first kappa shape index (κ1) is 13.0. The van der Waals surface area contributed by atoms with Crippen molar-refractivity contribution < 1.29 is 0 Å². The van der Waals surface area contributed by atoms with E-state index in [-0.39, 0.29) is 0 Å². The molecule has 3 nitrogen and oxygen atoms in total. The minimum atomic E-state index is 0.474. The summed E-state index contributed by atoms with van der Waals surface area (Å²) in [5, 5.41) is 8.95. The molecule has 0 spiro atoms. The van der Waals surface area contributed by atoms with Crippen molar-refractivity contribution in [2.45, 2.75) is 0 Å². The molecule has 2 aromatic carbocycles. The number of pyridine rings is 1. The average molecular weight is 306 g/mol. The molecule has 106 valence electrons. The Morgan fingerprint density at radius 3 is 2.50 bits per heavy atom. The molecule has 4 aromatic rings. The third kappa shape index (κ3) is 2.26. The van der Waals surface area contributed by atoms with Gasteiger partial charge in [0.15, 0.2) is 0 Å². The molecule has 0 aliphatic rings. The van der Waals surface area contributed by atoms with Gasteiger partial charge in [-0.3, -0.25) is 5.10 Å². The number of hydrogen-bond donors (Lipinski definition) is 1. The predicted molar refractivity (Wildman–Crippen MR) is 89.8 cm³/mol. The van der Waals surface area contributed by atoms with Crippen molar-refractivity contribution in [3.63, 3.8) is 0 Å². The van der Waals surface area contributed by atoms with Gasteiger partial charge in [0.25, 0.3) is 0 Å². The van der Waals surface area contributed by atoms with E-state index in [0.717, 1.165) is 33.4 Å². The zero-order valence-electron chi connectivity index (χ0n) is 11.6. The lowest BCUT2D eigenvalue weighted by Gasteiger charge is -2.03. The Morgan fingerprint density at radius 1 is 0.864 bits per heavy atom. The van der Waals surface area contributed by atoms with E-state index in [0.29, 0.717) is 5.15 Å². The molecule has 2 heterocycles. The summed E-state index contributed by atoms with van der Waals surface area (Å²) in [6.07, 6.45) is 0. The fraction of sp³-hybridized carbons (Fsp3) is 0. The molecule has 1 N–H and O–H groups in total. The second kappa shape index (κ2) is 5.28. The van der Waals surface area contributed by atoms with Crippen LogP contribution in [0.15, 0.2) is 66.7 Å². The monoisotopic (exact) mass is 305 g/mol. The van der Waals surface area contributed by atoms with E-state index in [1.54, 1.807) is 0 Å². The molecule has 4 rings (SSSR count). The van der Waals surface area contributed by atoms with E-state index in [1.165, 1.54) is 0 Å². The Kier molecular flexibility index (Phi) is 3.13. The molecule has 0 saturated carbocycles. The van der Waals surface area contributed by atoms with Crippen LogP contribution in [0.25, 0.3) is 33.4 Å². The first-order valence-corrected chi connectivity index (χ1v) is 7.35. The van der Waals surface area contributed by atoms with E-state index in [9.17, 15) is 0 Å².